The Kier molecular flexibility index (Phi) is 6.92. The zero-order valence-corrected chi connectivity index (χ0v) is 17.4. The Morgan fingerprint density at radius 2 is 2.00 bits per heavy atom. The number of hydrogen-bond donors (Lipinski definition) is 0. The van der Waals surface area contributed by atoms with Gasteiger partial charge in [0, 0.05) is 38.4 Å². The maximum absolute atomic E-state index is 12.2. The van der Waals surface area contributed by atoms with Gasteiger partial charge in [-0.1, -0.05) is 24.6 Å². The Hall–Kier alpha value is -2.72. The van der Waals surface area contributed by atoms with E-state index in [-0.39, 0.29) is 12.0 Å². The van der Waals surface area contributed by atoms with Crippen LogP contribution in [0.2, 0.25) is 5.02 Å². The van der Waals surface area contributed by atoms with Gasteiger partial charge < -0.3 is 19.3 Å². The van der Waals surface area contributed by atoms with Crippen LogP contribution >= 0.6 is 11.6 Å². The first-order valence-electron chi connectivity index (χ1n) is 8.86. The second-order valence-corrected chi connectivity index (χ2v) is 7.74. The average molecular weight is 405 g/mol. The van der Waals surface area contributed by atoms with Crippen LogP contribution in [0.4, 0.5) is 10.6 Å². The maximum Gasteiger partial charge on any atom is 0.410 e. The molecule has 2 heterocycles. The Bertz CT molecular complexity index is 816. The van der Waals surface area contributed by atoms with Crippen molar-refractivity contribution in [1.29, 1.82) is 0 Å². The molecule has 0 aliphatic carbocycles. The highest BCUT2D eigenvalue weighted by atomic mass is 35.5. The number of rotatable bonds is 3. The number of anilines is 1. The molecule has 150 valence electrons. The smallest absolute Gasteiger partial charge is 0.410 e. The third kappa shape index (κ3) is 5.89. The lowest BCUT2D eigenvalue weighted by atomic mass is 10.2. The molecule has 1 aromatic rings. The summed E-state index contributed by atoms with van der Waals surface area (Å²) >= 11 is 6.44. The molecule has 1 aliphatic heterocycles. The van der Waals surface area contributed by atoms with E-state index >= 15 is 0 Å². The Morgan fingerprint density at radius 3 is 2.50 bits per heavy atom. The van der Waals surface area contributed by atoms with Gasteiger partial charge in [0.25, 0.3) is 0 Å². The molecule has 28 heavy (non-hydrogen) atoms. The van der Waals surface area contributed by atoms with E-state index in [1.54, 1.807) is 24.1 Å². The zero-order chi connectivity index (χ0) is 20.9. The summed E-state index contributed by atoms with van der Waals surface area (Å²) in [6.07, 6.45) is 6.54. The van der Waals surface area contributed by atoms with Crippen molar-refractivity contribution < 1.29 is 14.3 Å². The molecule has 2 rings (SSSR count). The average Bonchev–Trinajstić information content (AvgIpc) is 2.59. The Balaban J connectivity index is 2.08. The number of nitrogens with zero attached hydrogens (tertiary/aromatic N) is 4. The van der Waals surface area contributed by atoms with Crippen LogP contribution in [-0.4, -0.2) is 53.7 Å². The van der Waals surface area contributed by atoms with E-state index in [1.807, 2.05) is 25.7 Å². The topological polar surface area (TPSA) is 67.3 Å². The summed E-state index contributed by atoms with van der Waals surface area (Å²) < 4.78 is 10.9. The summed E-state index contributed by atoms with van der Waals surface area (Å²) in [6, 6.07) is 3.89. The first kappa shape index (κ1) is 21.6. The van der Waals surface area contributed by atoms with Gasteiger partial charge in [-0.3, -0.25) is 0 Å². The van der Waals surface area contributed by atoms with Gasteiger partial charge in [0.1, 0.15) is 11.4 Å². The van der Waals surface area contributed by atoms with E-state index in [1.165, 1.54) is 0 Å². The monoisotopic (exact) mass is 404 g/mol. The van der Waals surface area contributed by atoms with Gasteiger partial charge in [0.2, 0.25) is 5.90 Å². The third-order valence-corrected chi connectivity index (χ3v) is 4.01. The van der Waals surface area contributed by atoms with Crippen molar-refractivity contribution in [2.45, 2.75) is 33.3 Å². The van der Waals surface area contributed by atoms with Crippen LogP contribution in [-0.2, 0) is 9.47 Å². The van der Waals surface area contributed by atoms with Gasteiger partial charge in [0.15, 0.2) is 0 Å². The number of carbonyl (C=O) groups excluding carboxylic acids is 1. The fourth-order valence-electron chi connectivity index (χ4n) is 2.58. The van der Waals surface area contributed by atoms with Crippen LogP contribution in [0.3, 0.4) is 0 Å². The highest BCUT2D eigenvalue weighted by Crippen LogP contribution is 2.26. The van der Waals surface area contributed by atoms with Gasteiger partial charge in [-0.15, -0.1) is 0 Å². The van der Waals surface area contributed by atoms with E-state index < -0.39 is 5.60 Å². The molecule has 0 saturated carbocycles. The summed E-state index contributed by atoms with van der Waals surface area (Å²) in [4.78, 5) is 24.2. The summed E-state index contributed by atoms with van der Waals surface area (Å²) in [5.74, 6) is 1.29. The van der Waals surface area contributed by atoms with Crippen molar-refractivity contribution in [2.75, 3.05) is 31.1 Å². The Labute approximate surface area is 171 Å². The number of halogens is 1. The second-order valence-electron chi connectivity index (χ2n) is 7.33. The first-order chi connectivity index (χ1) is 13.1. The van der Waals surface area contributed by atoms with Gasteiger partial charge >= 0.3 is 6.09 Å². The minimum atomic E-state index is -0.515. The lowest BCUT2D eigenvalue weighted by Crippen LogP contribution is -2.50. The molecule has 0 spiro atoms. The molecule has 8 heteroatoms. The van der Waals surface area contributed by atoms with Crippen molar-refractivity contribution in [3.05, 3.63) is 35.2 Å². The molecule has 1 fully saturated rings. The number of amides is 1. The van der Waals surface area contributed by atoms with Crippen molar-refractivity contribution in [3.63, 3.8) is 0 Å². The molecular formula is C20H25ClN4O3. The van der Waals surface area contributed by atoms with Crippen LogP contribution < -0.4 is 4.90 Å². The van der Waals surface area contributed by atoms with Gasteiger partial charge in [-0.05, 0) is 33.8 Å². The minimum Gasteiger partial charge on any atom is -0.444 e. The number of aromatic nitrogens is 1. The number of piperazine rings is 1. The number of hydrogen-bond acceptors (Lipinski definition) is 6. The number of ether oxygens (including phenoxy) is 2. The predicted molar refractivity (Wildman–Crippen MR) is 111 cm³/mol. The summed E-state index contributed by atoms with van der Waals surface area (Å²) in [6.45, 7) is 13.2. The van der Waals surface area contributed by atoms with Gasteiger partial charge in [0.05, 0.1) is 16.3 Å². The van der Waals surface area contributed by atoms with Crippen LogP contribution in [0.1, 0.15) is 33.3 Å². The molecule has 0 N–H and O–H groups in total. The van der Waals surface area contributed by atoms with E-state index in [0.29, 0.717) is 48.3 Å². The van der Waals surface area contributed by atoms with Gasteiger partial charge in [-0.25, -0.2) is 9.78 Å². The van der Waals surface area contributed by atoms with E-state index in [4.69, 9.17) is 27.5 Å². The number of carbonyl (C=O) groups is 1. The SMILES string of the molecule is C#CN=C(OC(=C)C)c1cnc(N2CCN(C(=O)OC(C)(C)C)CC2)c(Cl)c1. The second kappa shape index (κ2) is 8.98. The van der Waals surface area contributed by atoms with Crippen molar-refractivity contribution in [3.8, 4) is 12.5 Å². The fourth-order valence-corrected chi connectivity index (χ4v) is 2.86. The quantitative estimate of drug-likeness (QED) is 0.333. The van der Waals surface area contributed by atoms with Crippen LogP contribution in [0, 0.1) is 12.5 Å². The molecule has 0 atom stereocenters. The largest absolute Gasteiger partial charge is 0.444 e. The third-order valence-electron chi connectivity index (χ3n) is 3.74. The normalized spacial score (nSPS) is 15.1. The summed E-state index contributed by atoms with van der Waals surface area (Å²) in [5, 5.41) is 0.443. The molecule has 1 saturated heterocycles. The Morgan fingerprint density at radius 1 is 1.36 bits per heavy atom. The lowest BCUT2D eigenvalue weighted by Gasteiger charge is -2.36. The van der Waals surface area contributed by atoms with E-state index in [2.05, 4.69) is 22.6 Å². The highest BCUT2D eigenvalue weighted by molar-refractivity contribution is 6.33. The van der Waals surface area contributed by atoms with Gasteiger partial charge in [-0.2, -0.15) is 4.99 Å². The highest BCUT2D eigenvalue weighted by Gasteiger charge is 2.27. The minimum absolute atomic E-state index is 0.214. The molecule has 1 aliphatic rings. The molecule has 7 nitrogen and oxygen atoms in total. The van der Waals surface area contributed by atoms with Crippen LogP contribution in [0.5, 0.6) is 0 Å². The number of allylic oxidation sites excluding steroid dienone is 1. The zero-order valence-electron chi connectivity index (χ0n) is 16.7. The lowest BCUT2D eigenvalue weighted by molar-refractivity contribution is 0.0240. The van der Waals surface area contributed by atoms with Crippen LogP contribution in [0.25, 0.3) is 0 Å². The molecule has 0 aromatic carbocycles. The number of pyridine rings is 1. The van der Waals surface area contributed by atoms with Crippen molar-refractivity contribution in [2.24, 2.45) is 4.99 Å². The summed E-state index contributed by atoms with van der Waals surface area (Å²) in [5.41, 5.74) is 0.0420. The standard InChI is InChI=1S/C20H25ClN4O3/c1-7-22-18(27-14(2)3)15-12-16(21)17(23-13-15)24-8-10-25(11-9-24)19(26)28-20(4,5)6/h1,12-13H,2,8-11H2,3-6H3. The molecule has 0 bridgehead atoms. The number of aliphatic imine (C=N–C) groups is 1. The first-order valence-corrected chi connectivity index (χ1v) is 9.24. The fraction of sp³-hybridized carbons (Fsp3) is 0.450. The summed E-state index contributed by atoms with van der Waals surface area (Å²) in [7, 11) is 0. The maximum atomic E-state index is 12.2. The molecular weight excluding hydrogens is 380 g/mol. The predicted octanol–water partition coefficient (Wildman–Crippen LogP) is 3.68. The number of terminal acetylenes is 1. The molecule has 0 unspecified atom stereocenters. The molecule has 1 aromatic heterocycles. The van der Waals surface area contributed by atoms with E-state index in [9.17, 15) is 4.79 Å². The van der Waals surface area contributed by atoms with Crippen molar-refractivity contribution >= 4 is 29.4 Å². The molecule has 0 radical (unpaired) electrons. The van der Waals surface area contributed by atoms with Crippen LogP contribution in [0.15, 0.2) is 29.6 Å². The van der Waals surface area contributed by atoms with E-state index in [0.717, 1.165) is 0 Å². The van der Waals surface area contributed by atoms with Crippen molar-refractivity contribution in [1.82, 2.24) is 9.88 Å². The molecule has 1 amide bonds.